The summed E-state index contributed by atoms with van der Waals surface area (Å²) in [7, 11) is 3.86. The van der Waals surface area contributed by atoms with E-state index in [4.69, 9.17) is 5.73 Å². The van der Waals surface area contributed by atoms with Gasteiger partial charge in [0.15, 0.2) is 5.17 Å². The Balaban J connectivity index is 1.78. The molecule has 136 valence electrons. The Labute approximate surface area is 157 Å². The van der Waals surface area contributed by atoms with Crippen LogP contribution >= 0.6 is 11.8 Å². The average Bonchev–Trinajstić information content (AvgIpc) is 2.62. The van der Waals surface area contributed by atoms with Gasteiger partial charge < -0.3 is 16.0 Å². The van der Waals surface area contributed by atoms with Crippen LogP contribution in [0.3, 0.4) is 0 Å². The average molecular weight is 369 g/mol. The molecule has 0 radical (unpaired) electrons. The van der Waals surface area contributed by atoms with Gasteiger partial charge in [-0.25, -0.2) is 4.98 Å². The van der Waals surface area contributed by atoms with Gasteiger partial charge in [-0.15, -0.1) is 0 Å². The van der Waals surface area contributed by atoms with E-state index in [0.717, 1.165) is 29.1 Å². The highest BCUT2D eigenvalue weighted by Gasteiger charge is 2.29. The van der Waals surface area contributed by atoms with Crippen molar-refractivity contribution < 1.29 is 4.79 Å². The number of anilines is 2. The molecule has 3 rings (SSSR count). The van der Waals surface area contributed by atoms with Crippen LogP contribution in [0.4, 0.5) is 11.4 Å². The van der Waals surface area contributed by atoms with Crippen molar-refractivity contribution in [1.29, 1.82) is 0 Å². The van der Waals surface area contributed by atoms with E-state index in [-0.39, 0.29) is 11.4 Å². The third-order valence-corrected chi connectivity index (χ3v) is 5.23. The lowest BCUT2D eigenvalue weighted by atomic mass is 9.89. The van der Waals surface area contributed by atoms with Gasteiger partial charge in [0.1, 0.15) is 5.69 Å². The van der Waals surface area contributed by atoms with Gasteiger partial charge >= 0.3 is 0 Å². The van der Waals surface area contributed by atoms with Gasteiger partial charge in [0.2, 0.25) is 0 Å². The number of pyridine rings is 1. The standard InChI is InChI=1S/C19H23N5OS/c1-19(9-10-26-18(20)23-19)13-5-4-6-14(11-13)22-17(25)16-8-7-15(12-21-16)24(2)3/h4-8,11-12H,9-10H2,1-3H3,(H2,20,23)(H,22,25). The Bertz CT molecular complexity index is 834. The van der Waals surface area contributed by atoms with Crippen LogP contribution in [0, 0.1) is 0 Å². The SMILES string of the molecule is CN(C)c1ccc(C(=O)Nc2cccc(C3(C)CCSC(N)=N3)c2)nc1. The summed E-state index contributed by atoms with van der Waals surface area (Å²) in [5.74, 6) is 0.699. The lowest BCUT2D eigenvalue weighted by Gasteiger charge is -2.30. The third kappa shape index (κ3) is 3.99. The van der Waals surface area contributed by atoms with Crippen molar-refractivity contribution in [1.82, 2.24) is 4.98 Å². The molecule has 0 aliphatic carbocycles. The minimum atomic E-state index is -0.359. The molecule has 6 nitrogen and oxygen atoms in total. The molecule has 1 amide bonds. The molecule has 2 heterocycles. The van der Waals surface area contributed by atoms with Gasteiger partial charge in [-0.2, -0.15) is 0 Å². The number of amides is 1. The Morgan fingerprint density at radius 3 is 2.77 bits per heavy atom. The van der Waals surface area contributed by atoms with Crippen molar-refractivity contribution in [3.63, 3.8) is 0 Å². The molecule has 1 unspecified atom stereocenters. The van der Waals surface area contributed by atoms with Crippen molar-refractivity contribution in [3.05, 3.63) is 53.9 Å². The predicted octanol–water partition coefficient (Wildman–Crippen LogP) is 3.07. The Hall–Kier alpha value is -2.54. The number of aliphatic imine (C=N–C) groups is 1. The van der Waals surface area contributed by atoms with Crippen LogP contribution < -0.4 is 16.0 Å². The quantitative estimate of drug-likeness (QED) is 0.865. The van der Waals surface area contributed by atoms with Gasteiger partial charge in [0, 0.05) is 25.5 Å². The number of thioether (sulfide) groups is 1. The molecule has 0 spiro atoms. The zero-order valence-electron chi connectivity index (χ0n) is 15.2. The largest absolute Gasteiger partial charge is 0.379 e. The van der Waals surface area contributed by atoms with Crippen molar-refractivity contribution >= 4 is 34.2 Å². The first-order valence-electron chi connectivity index (χ1n) is 8.41. The summed E-state index contributed by atoms with van der Waals surface area (Å²) < 4.78 is 0. The van der Waals surface area contributed by atoms with Crippen LogP contribution in [0.1, 0.15) is 29.4 Å². The topological polar surface area (TPSA) is 83.6 Å². The van der Waals surface area contributed by atoms with E-state index in [1.54, 1.807) is 24.0 Å². The first kappa shape index (κ1) is 18.3. The van der Waals surface area contributed by atoms with Crippen LogP contribution in [0.2, 0.25) is 0 Å². The zero-order valence-corrected chi connectivity index (χ0v) is 16.0. The van der Waals surface area contributed by atoms with E-state index >= 15 is 0 Å². The molecule has 0 fully saturated rings. The van der Waals surface area contributed by atoms with Gasteiger partial charge in [0.25, 0.3) is 5.91 Å². The summed E-state index contributed by atoms with van der Waals surface area (Å²) >= 11 is 1.58. The number of amidine groups is 1. The van der Waals surface area contributed by atoms with Gasteiger partial charge in [-0.05, 0) is 43.2 Å². The minimum Gasteiger partial charge on any atom is -0.379 e. The number of nitrogens with one attached hydrogen (secondary N) is 1. The Morgan fingerprint density at radius 1 is 1.31 bits per heavy atom. The third-order valence-electron chi connectivity index (χ3n) is 4.44. The maximum atomic E-state index is 12.5. The van der Waals surface area contributed by atoms with Crippen molar-refractivity contribution in [3.8, 4) is 0 Å². The molecule has 1 aliphatic rings. The first-order valence-corrected chi connectivity index (χ1v) is 9.39. The van der Waals surface area contributed by atoms with Crippen molar-refractivity contribution in [2.45, 2.75) is 18.9 Å². The molecule has 3 N–H and O–H groups in total. The van der Waals surface area contributed by atoms with Crippen molar-refractivity contribution in [2.75, 3.05) is 30.1 Å². The molecule has 0 bridgehead atoms. The summed E-state index contributed by atoms with van der Waals surface area (Å²) in [6.45, 7) is 2.07. The lowest BCUT2D eigenvalue weighted by molar-refractivity contribution is 0.102. The van der Waals surface area contributed by atoms with Crippen LogP contribution in [0.15, 0.2) is 47.6 Å². The number of hydrogen-bond acceptors (Lipinski definition) is 6. The minimum absolute atomic E-state index is 0.236. The fourth-order valence-corrected chi connectivity index (χ4v) is 3.78. The van der Waals surface area contributed by atoms with E-state index < -0.39 is 0 Å². The number of rotatable bonds is 4. The van der Waals surface area contributed by atoms with Gasteiger partial charge in [-0.1, -0.05) is 23.9 Å². The lowest BCUT2D eigenvalue weighted by Crippen LogP contribution is -2.28. The summed E-state index contributed by atoms with van der Waals surface area (Å²) in [6, 6.07) is 11.4. The normalized spacial score (nSPS) is 19.6. The molecular weight excluding hydrogens is 346 g/mol. The van der Waals surface area contributed by atoms with Crippen molar-refractivity contribution in [2.24, 2.45) is 10.7 Å². The molecule has 1 atom stereocenters. The zero-order chi connectivity index (χ0) is 18.7. The van der Waals surface area contributed by atoms with E-state index in [2.05, 4.69) is 22.2 Å². The van der Waals surface area contributed by atoms with Crippen LogP contribution in [-0.4, -0.2) is 35.9 Å². The smallest absolute Gasteiger partial charge is 0.274 e. The number of carbonyl (C=O) groups excluding carboxylic acids is 1. The maximum Gasteiger partial charge on any atom is 0.274 e. The van der Waals surface area contributed by atoms with Crippen LogP contribution in [0.25, 0.3) is 0 Å². The second kappa shape index (κ2) is 7.37. The fraction of sp³-hybridized carbons (Fsp3) is 0.316. The first-order chi connectivity index (χ1) is 12.4. The number of carbonyl (C=O) groups is 1. The highest BCUT2D eigenvalue weighted by Crippen LogP contribution is 2.35. The Morgan fingerprint density at radius 2 is 2.12 bits per heavy atom. The number of hydrogen-bond donors (Lipinski definition) is 2. The number of benzene rings is 1. The van der Waals surface area contributed by atoms with E-state index in [1.165, 1.54) is 0 Å². The molecule has 0 saturated carbocycles. The monoisotopic (exact) mass is 369 g/mol. The number of aromatic nitrogens is 1. The molecule has 7 heteroatoms. The summed E-state index contributed by atoms with van der Waals surface area (Å²) in [5, 5.41) is 3.52. The molecule has 1 aliphatic heterocycles. The number of nitrogens with zero attached hydrogens (tertiary/aromatic N) is 3. The van der Waals surface area contributed by atoms with E-state index in [1.807, 2.05) is 49.3 Å². The maximum absolute atomic E-state index is 12.5. The van der Waals surface area contributed by atoms with Gasteiger partial charge in [-0.3, -0.25) is 9.79 Å². The highest BCUT2D eigenvalue weighted by atomic mass is 32.2. The van der Waals surface area contributed by atoms with Gasteiger partial charge in [0.05, 0.1) is 17.4 Å². The molecule has 1 aromatic heterocycles. The Kier molecular flexibility index (Phi) is 5.18. The second-order valence-electron chi connectivity index (χ2n) is 6.65. The summed E-state index contributed by atoms with van der Waals surface area (Å²) in [5.41, 5.74) is 8.63. The highest BCUT2D eigenvalue weighted by molar-refractivity contribution is 8.13. The molecule has 2 aromatic rings. The van der Waals surface area contributed by atoms with Crippen LogP contribution in [-0.2, 0) is 5.54 Å². The molecule has 26 heavy (non-hydrogen) atoms. The predicted molar refractivity (Wildman–Crippen MR) is 109 cm³/mol. The molecular formula is C19H23N5OS. The summed E-state index contributed by atoms with van der Waals surface area (Å²) in [6.07, 6.45) is 2.59. The fourth-order valence-electron chi connectivity index (χ4n) is 2.81. The second-order valence-corrected chi connectivity index (χ2v) is 7.77. The molecule has 0 saturated heterocycles. The number of nitrogens with two attached hydrogens (primary N) is 1. The van der Waals surface area contributed by atoms with E-state index in [9.17, 15) is 4.79 Å². The summed E-state index contributed by atoms with van der Waals surface area (Å²) in [4.78, 5) is 23.3. The van der Waals surface area contributed by atoms with Crippen LogP contribution in [0.5, 0.6) is 0 Å². The molecule has 1 aromatic carbocycles. The van der Waals surface area contributed by atoms with E-state index in [0.29, 0.717) is 10.9 Å².